The van der Waals surface area contributed by atoms with Crippen LogP contribution in [0.5, 0.6) is 5.75 Å². The summed E-state index contributed by atoms with van der Waals surface area (Å²) < 4.78 is 29.0. The van der Waals surface area contributed by atoms with Crippen LogP contribution in [-0.2, 0) is 0 Å². The molecular formula is C13H8F2N2O4. The largest absolute Gasteiger partial charge is 0.434 e. The lowest BCUT2D eigenvalue weighted by molar-refractivity contribution is -0.385. The zero-order chi connectivity index (χ0) is 15.4. The number of benzene rings is 1. The van der Waals surface area contributed by atoms with E-state index in [1.807, 2.05) is 0 Å². The second-order valence-corrected chi connectivity index (χ2v) is 3.89. The Morgan fingerprint density at radius 3 is 2.67 bits per heavy atom. The first-order valence-electron chi connectivity index (χ1n) is 5.67. The van der Waals surface area contributed by atoms with Gasteiger partial charge >= 0.3 is 6.61 Å². The summed E-state index contributed by atoms with van der Waals surface area (Å²) in [7, 11) is 0. The number of aromatic nitrogens is 1. The highest BCUT2D eigenvalue weighted by molar-refractivity contribution is 6.10. The molecule has 6 nitrogen and oxygen atoms in total. The number of nitro benzene ring substituents is 1. The fourth-order valence-electron chi connectivity index (χ4n) is 1.66. The smallest absolute Gasteiger partial charge is 0.387 e. The number of non-ortho nitro benzene ring substituents is 1. The molecule has 21 heavy (non-hydrogen) atoms. The van der Waals surface area contributed by atoms with Gasteiger partial charge in [-0.15, -0.1) is 0 Å². The van der Waals surface area contributed by atoms with Crippen molar-refractivity contribution in [3.05, 3.63) is 64.0 Å². The minimum atomic E-state index is -3.20. The van der Waals surface area contributed by atoms with E-state index in [4.69, 9.17) is 0 Å². The van der Waals surface area contributed by atoms with E-state index in [0.29, 0.717) is 0 Å². The van der Waals surface area contributed by atoms with Crippen LogP contribution in [0.25, 0.3) is 0 Å². The molecule has 1 aromatic heterocycles. The van der Waals surface area contributed by atoms with Crippen molar-refractivity contribution in [1.29, 1.82) is 0 Å². The normalized spacial score (nSPS) is 10.4. The van der Waals surface area contributed by atoms with E-state index in [-0.39, 0.29) is 11.1 Å². The SMILES string of the molecule is O=C(c1cccnc1)c1ccc([N+](=O)[O-])cc1OC(F)F. The van der Waals surface area contributed by atoms with Crippen LogP contribution in [0.1, 0.15) is 15.9 Å². The first-order chi connectivity index (χ1) is 9.99. The molecule has 2 aromatic rings. The molecule has 0 bridgehead atoms. The number of carbonyl (C=O) groups excluding carboxylic acids is 1. The summed E-state index contributed by atoms with van der Waals surface area (Å²) in [5.74, 6) is -1.17. The Bertz CT molecular complexity index is 677. The van der Waals surface area contributed by atoms with Gasteiger partial charge in [-0.3, -0.25) is 19.9 Å². The third-order valence-corrected chi connectivity index (χ3v) is 2.56. The molecule has 108 valence electrons. The lowest BCUT2D eigenvalue weighted by Gasteiger charge is -2.09. The van der Waals surface area contributed by atoms with Crippen molar-refractivity contribution in [1.82, 2.24) is 4.98 Å². The fourth-order valence-corrected chi connectivity index (χ4v) is 1.66. The molecule has 0 aliphatic heterocycles. The van der Waals surface area contributed by atoms with E-state index in [1.54, 1.807) is 0 Å². The summed E-state index contributed by atoms with van der Waals surface area (Å²) in [6.45, 7) is -3.20. The highest BCUT2D eigenvalue weighted by Gasteiger charge is 2.20. The predicted octanol–water partition coefficient (Wildman–Crippen LogP) is 2.82. The Morgan fingerprint density at radius 1 is 1.33 bits per heavy atom. The third kappa shape index (κ3) is 3.35. The van der Waals surface area contributed by atoms with Gasteiger partial charge in [-0.05, 0) is 18.2 Å². The van der Waals surface area contributed by atoms with Gasteiger partial charge in [0.2, 0.25) is 0 Å². The summed E-state index contributed by atoms with van der Waals surface area (Å²) in [5.41, 5.74) is -0.493. The van der Waals surface area contributed by atoms with Crippen LogP contribution < -0.4 is 4.74 Å². The van der Waals surface area contributed by atoms with Gasteiger partial charge < -0.3 is 4.74 Å². The van der Waals surface area contributed by atoms with E-state index in [2.05, 4.69) is 9.72 Å². The number of ether oxygens (including phenoxy) is 1. The minimum absolute atomic E-state index is 0.158. The zero-order valence-electron chi connectivity index (χ0n) is 10.4. The number of nitrogens with zero attached hydrogens (tertiary/aromatic N) is 2. The number of halogens is 2. The van der Waals surface area contributed by atoms with Gasteiger partial charge in [0, 0.05) is 24.0 Å². The Hall–Kier alpha value is -2.90. The summed E-state index contributed by atoms with van der Waals surface area (Å²) in [6.07, 6.45) is 2.71. The van der Waals surface area contributed by atoms with E-state index >= 15 is 0 Å². The second-order valence-electron chi connectivity index (χ2n) is 3.89. The van der Waals surface area contributed by atoms with Gasteiger partial charge in [0.1, 0.15) is 5.75 Å². The van der Waals surface area contributed by atoms with Crippen molar-refractivity contribution >= 4 is 11.5 Å². The Kier molecular flexibility index (Phi) is 4.17. The van der Waals surface area contributed by atoms with Crippen LogP contribution in [0.15, 0.2) is 42.7 Å². The highest BCUT2D eigenvalue weighted by Crippen LogP contribution is 2.28. The topological polar surface area (TPSA) is 82.3 Å². The van der Waals surface area contributed by atoms with Gasteiger partial charge in [0.05, 0.1) is 16.6 Å². The van der Waals surface area contributed by atoms with Crippen LogP contribution in [0, 0.1) is 10.1 Å². The van der Waals surface area contributed by atoms with Gasteiger partial charge in [-0.25, -0.2) is 0 Å². The first kappa shape index (κ1) is 14.5. The number of hydrogen-bond acceptors (Lipinski definition) is 5. The van der Waals surface area contributed by atoms with Crippen molar-refractivity contribution in [3.8, 4) is 5.75 Å². The molecule has 0 saturated carbocycles. The predicted molar refractivity (Wildman–Crippen MR) is 67.4 cm³/mol. The third-order valence-electron chi connectivity index (χ3n) is 2.56. The van der Waals surface area contributed by atoms with Crippen LogP contribution in [0.3, 0.4) is 0 Å². The van der Waals surface area contributed by atoms with Gasteiger partial charge in [0.25, 0.3) is 5.69 Å². The van der Waals surface area contributed by atoms with Gasteiger partial charge in [0.15, 0.2) is 5.78 Å². The van der Waals surface area contributed by atoms with Crippen molar-refractivity contribution < 1.29 is 23.2 Å². The molecule has 0 spiro atoms. The molecular weight excluding hydrogens is 286 g/mol. The van der Waals surface area contributed by atoms with Crippen LogP contribution in [0.4, 0.5) is 14.5 Å². The van der Waals surface area contributed by atoms with Crippen LogP contribution >= 0.6 is 0 Å². The fraction of sp³-hybridized carbons (Fsp3) is 0.0769. The van der Waals surface area contributed by atoms with Crippen molar-refractivity contribution in [2.45, 2.75) is 6.61 Å². The molecule has 1 heterocycles. The Morgan fingerprint density at radius 2 is 2.10 bits per heavy atom. The molecule has 2 rings (SSSR count). The molecule has 0 aliphatic rings. The van der Waals surface area contributed by atoms with E-state index < -0.39 is 28.8 Å². The monoisotopic (exact) mass is 294 g/mol. The van der Waals surface area contributed by atoms with E-state index in [9.17, 15) is 23.7 Å². The number of hydrogen-bond donors (Lipinski definition) is 0. The first-order valence-corrected chi connectivity index (χ1v) is 5.67. The summed E-state index contributed by atoms with van der Waals surface area (Å²) in [6, 6.07) is 5.86. The minimum Gasteiger partial charge on any atom is -0.434 e. The van der Waals surface area contributed by atoms with Crippen molar-refractivity contribution in [2.24, 2.45) is 0 Å². The summed E-state index contributed by atoms with van der Waals surface area (Å²) in [5, 5.41) is 10.7. The quantitative estimate of drug-likeness (QED) is 0.481. The van der Waals surface area contributed by atoms with Crippen LogP contribution in [0.2, 0.25) is 0 Å². The van der Waals surface area contributed by atoms with E-state index in [1.165, 1.54) is 24.5 Å². The molecule has 0 fully saturated rings. The maximum Gasteiger partial charge on any atom is 0.387 e. The molecule has 0 radical (unpaired) electrons. The van der Waals surface area contributed by atoms with Crippen LogP contribution in [-0.4, -0.2) is 22.3 Å². The lowest BCUT2D eigenvalue weighted by atomic mass is 10.0. The standard InChI is InChI=1S/C13H8F2N2O4/c14-13(15)21-11-6-9(17(19)20)3-4-10(11)12(18)8-2-1-5-16-7-8/h1-7,13H. The van der Waals surface area contributed by atoms with E-state index in [0.717, 1.165) is 18.2 Å². The maximum absolute atomic E-state index is 12.4. The van der Waals surface area contributed by atoms with Gasteiger partial charge in [-0.1, -0.05) is 0 Å². The number of pyridine rings is 1. The lowest BCUT2D eigenvalue weighted by Crippen LogP contribution is -2.09. The number of carbonyl (C=O) groups is 1. The number of rotatable bonds is 5. The Balaban J connectivity index is 2.47. The molecule has 0 N–H and O–H groups in total. The summed E-state index contributed by atoms with van der Waals surface area (Å²) >= 11 is 0. The highest BCUT2D eigenvalue weighted by atomic mass is 19.3. The molecule has 0 amide bonds. The number of ketones is 1. The molecule has 1 aromatic carbocycles. The average Bonchev–Trinajstić information content (AvgIpc) is 2.46. The molecule has 0 saturated heterocycles. The molecule has 8 heteroatoms. The number of alkyl halides is 2. The Labute approximate surface area is 117 Å². The molecule has 0 aliphatic carbocycles. The van der Waals surface area contributed by atoms with Crippen molar-refractivity contribution in [3.63, 3.8) is 0 Å². The molecule has 0 unspecified atom stereocenters. The average molecular weight is 294 g/mol. The zero-order valence-corrected chi connectivity index (χ0v) is 10.4. The molecule has 0 atom stereocenters. The maximum atomic E-state index is 12.4. The van der Waals surface area contributed by atoms with Crippen molar-refractivity contribution in [2.75, 3.05) is 0 Å². The second kappa shape index (κ2) is 6.04. The van der Waals surface area contributed by atoms with Gasteiger partial charge in [-0.2, -0.15) is 8.78 Å². The summed E-state index contributed by atoms with van der Waals surface area (Å²) in [4.78, 5) is 25.8. The number of nitro groups is 1.